The van der Waals surface area contributed by atoms with Crippen molar-refractivity contribution >= 4 is 9.84 Å². The van der Waals surface area contributed by atoms with Crippen LogP contribution >= 0.6 is 0 Å². The molecule has 0 radical (unpaired) electrons. The van der Waals surface area contributed by atoms with E-state index in [0.717, 1.165) is 5.57 Å². The molecule has 0 amide bonds. The average Bonchev–Trinajstić information content (AvgIpc) is 2.28. The van der Waals surface area contributed by atoms with Gasteiger partial charge in [-0.05, 0) is 19.8 Å². The van der Waals surface area contributed by atoms with Gasteiger partial charge < -0.3 is 5.11 Å². The third-order valence-electron chi connectivity index (χ3n) is 2.37. The molecule has 76 valence electrons. The summed E-state index contributed by atoms with van der Waals surface area (Å²) in [6, 6.07) is 0. The maximum atomic E-state index is 11.1. The van der Waals surface area contributed by atoms with Crippen LogP contribution in [0.25, 0.3) is 0 Å². The van der Waals surface area contributed by atoms with E-state index >= 15 is 0 Å². The van der Waals surface area contributed by atoms with E-state index in [1.54, 1.807) is 0 Å². The van der Waals surface area contributed by atoms with E-state index in [1.807, 2.05) is 6.92 Å². The van der Waals surface area contributed by atoms with E-state index in [1.165, 1.54) is 0 Å². The molecule has 1 saturated heterocycles. The lowest BCUT2D eigenvalue weighted by Crippen LogP contribution is -2.21. The van der Waals surface area contributed by atoms with E-state index in [9.17, 15) is 13.5 Å². The van der Waals surface area contributed by atoms with Gasteiger partial charge in [0, 0.05) is 5.92 Å². The molecule has 0 aromatic carbocycles. The Hall–Kier alpha value is -0.350. The van der Waals surface area contributed by atoms with Crippen LogP contribution in [0.1, 0.15) is 19.8 Å². The lowest BCUT2D eigenvalue weighted by atomic mass is 9.97. The molecule has 1 heterocycles. The average molecular weight is 204 g/mol. The Morgan fingerprint density at radius 3 is 2.69 bits per heavy atom. The minimum Gasteiger partial charge on any atom is -0.392 e. The molecule has 1 aliphatic rings. The van der Waals surface area contributed by atoms with Crippen molar-refractivity contribution < 1.29 is 13.5 Å². The quantitative estimate of drug-likeness (QED) is 0.690. The van der Waals surface area contributed by atoms with Crippen LogP contribution in [-0.2, 0) is 9.84 Å². The summed E-state index contributed by atoms with van der Waals surface area (Å²) in [5, 5.41) is 9.63. The van der Waals surface area contributed by atoms with Crippen LogP contribution in [0.4, 0.5) is 0 Å². The van der Waals surface area contributed by atoms with Crippen LogP contribution in [-0.4, -0.2) is 31.1 Å². The van der Waals surface area contributed by atoms with Crippen molar-refractivity contribution in [1.29, 1.82) is 0 Å². The predicted molar refractivity (Wildman–Crippen MR) is 52.2 cm³/mol. The highest BCUT2D eigenvalue weighted by Gasteiger charge is 2.32. The van der Waals surface area contributed by atoms with E-state index in [2.05, 4.69) is 6.58 Å². The molecule has 13 heavy (non-hydrogen) atoms. The minimum absolute atomic E-state index is 0.0818. The Bertz CT molecular complexity index is 292. The summed E-state index contributed by atoms with van der Waals surface area (Å²) >= 11 is 0. The number of aliphatic hydroxyl groups excluding tert-OH is 1. The largest absolute Gasteiger partial charge is 0.392 e. The monoisotopic (exact) mass is 204 g/mol. The second-order valence-electron chi connectivity index (χ2n) is 3.89. The fourth-order valence-electron chi connectivity index (χ4n) is 1.65. The van der Waals surface area contributed by atoms with Gasteiger partial charge in [-0.1, -0.05) is 5.57 Å². The SMILES string of the molecule is C=C(C)CC(O)C1CCS(=O)(=O)C1. The summed E-state index contributed by atoms with van der Waals surface area (Å²) in [5.41, 5.74) is 0.900. The Morgan fingerprint density at radius 1 is 1.69 bits per heavy atom. The van der Waals surface area contributed by atoms with Gasteiger partial charge in [-0.15, -0.1) is 6.58 Å². The highest BCUT2D eigenvalue weighted by Crippen LogP contribution is 2.24. The Balaban J connectivity index is 2.51. The maximum Gasteiger partial charge on any atom is 0.150 e. The molecule has 3 nitrogen and oxygen atoms in total. The zero-order valence-electron chi connectivity index (χ0n) is 7.86. The van der Waals surface area contributed by atoms with E-state index in [0.29, 0.717) is 12.8 Å². The first-order valence-electron chi connectivity index (χ1n) is 4.43. The Kier molecular flexibility index (Phi) is 3.14. The molecule has 2 atom stereocenters. The summed E-state index contributed by atoms with van der Waals surface area (Å²) in [4.78, 5) is 0. The molecule has 0 bridgehead atoms. The Labute approximate surface area is 79.4 Å². The highest BCUT2D eigenvalue weighted by atomic mass is 32.2. The molecule has 0 saturated carbocycles. The van der Waals surface area contributed by atoms with E-state index in [-0.39, 0.29) is 17.4 Å². The fraction of sp³-hybridized carbons (Fsp3) is 0.778. The van der Waals surface area contributed by atoms with Crippen molar-refractivity contribution in [2.75, 3.05) is 11.5 Å². The second-order valence-corrected chi connectivity index (χ2v) is 6.12. The number of rotatable bonds is 3. The van der Waals surface area contributed by atoms with Crippen LogP contribution < -0.4 is 0 Å². The lowest BCUT2D eigenvalue weighted by molar-refractivity contribution is 0.120. The normalized spacial score (nSPS) is 28.6. The highest BCUT2D eigenvalue weighted by molar-refractivity contribution is 7.91. The zero-order valence-corrected chi connectivity index (χ0v) is 8.68. The van der Waals surface area contributed by atoms with Gasteiger partial charge in [0.1, 0.15) is 0 Å². The number of hydrogen-bond acceptors (Lipinski definition) is 3. The molecule has 1 fully saturated rings. The first kappa shape index (κ1) is 10.7. The van der Waals surface area contributed by atoms with Gasteiger partial charge in [0.05, 0.1) is 17.6 Å². The Morgan fingerprint density at radius 2 is 2.31 bits per heavy atom. The van der Waals surface area contributed by atoms with Gasteiger partial charge in [-0.3, -0.25) is 0 Å². The summed E-state index contributed by atoms with van der Waals surface area (Å²) in [7, 11) is -2.87. The summed E-state index contributed by atoms with van der Waals surface area (Å²) in [6.07, 6.45) is 0.575. The van der Waals surface area contributed by atoms with Crippen LogP contribution in [0.2, 0.25) is 0 Å². The standard InChI is InChI=1S/C9H16O3S/c1-7(2)5-9(10)8-3-4-13(11,12)6-8/h8-10H,1,3-6H2,2H3. The van der Waals surface area contributed by atoms with Crippen molar-refractivity contribution in [1.82, 2.24) is 0 Å². The van der Waals surface area contributed by atoms with Crippen LogP contribution in [0.15, 0.2) is 12.2 Å². The van der Waals surface area contributed by atoms with Gasteiger partial charge in [0.25, 0.3) is 0 Å². The molecule has 2 unspecified atom stereocenters. The van der Waals surface area contributed by atoms with Gasteiger partial charge in [-0.25, -0.2) is 8.42 Å². The zero-order chi connectivity index (χ0) is 10.1. The third-order valence-corrected chi connectivity index (χ3v) is 4.16. The van der Waals surface area contributed by atoms with Crippen molar-refractivity contribution in [3.8, 4) is 0 Å². The van der Waals surface area contributed by atoms with Crippen LogP contribution in [0, 0.1) is 5.92 Å². The van der Waals surface area contributed by atoms with Crippen LogP contribution in [0.3, 0.4) is 0 Å². The van der Waals surface area contributed by atoms with E-state index in [4.69, 9.17) is 0 Å². The molecule has 1 N–H and O–H groups in total. The first-order chi connectivity index (χ1) is 5.91. The van der Waals surface area contributed by atoms with Gasteiger partial charge in [0.2, 0.25) is 0 Å². The lowest BCUT2D eigenvalue weighted by Gasteiger charge is -2.15. The molecule has 0 aliphatic carbocycles. The molecule has 0 aromatic heterocycles. The smallest absolute Gasteiger partial charge is 0.150 e. The van der Waals surface area contributed by atoms with Crippen molar-refractivity contribution in [2.45, 2.75) is 25.9 Å². The maximum absolute atomic E-state index is 11.1. The number of sulfone groups is 1. The number of hydrogen-bond donors (Lipinski definition) is 1. The van der Waals surface area contributed by atoms with Gasteiger partial charge in [0.15, 0.2) is 9.84 Å². The number of aliphatic hydroxyl groups is 1. The molecule has 1 rings (SSSR count). The fourth-order valence-corrected chi connectivity index (χ4v) is 3.52. The molecule has 4 heteroatoms. The van der Waals surface area contributed by atoms with Crippen molar-refractivity contribution in [3.63, 3.8) is 0 Å². The second kappa shape index (κ2) is 3.80. The first-order valence-corrected chi connectivity index (χ1v) is 6.26. The molecule has 1 aliphatic heterocycles. The minimum atomic E-state index is -2.87. The molecule has 0 aromatic rings. The van der Waals surface area contributed by atoms with Gasteiger partial charge >= 0.3 is 0 Å². The molecule has 0 spiro atoms. The van der Waals surface area contributed by atoms with Gasteiger partial charge in [-0.2, -0.15) is 0 Å². The van der Waals surface area contributed by atoms with Crippen molar-refractivity contribution in [2.24, 2.45) is 5.92 Å². The summed E-state index contributed by atoms with van der Waals surface area (Å²) in [5.74, 6) is 0.286. The van der Waals surface area contributed by atoms with Crippen molar-refractivity contribution in [3.05, 3.63) is 12.2 Å². The van der Waals surface area contributed by atoms with Crippen LogP contribution in [0.5, 0.6) is 0 Å². The molecular weight excluding hydrogens is 188 g/mol. The molecular formula is C9H16O3S. The predicted octanol–water partition coefficient (Wildman–Crippen LogP) is 0.748. The topological polar surface area (TPSA) is 54.4 Å². The summed E-state index contributed by atoms with van der Waals surface area (Å²) < 4.78 is 22.2. The third kappa shape index (κ3) is 3.12. The van der Waals surface area contributed by atoms with E-state index < -0.39 is 15.9 Å². The summed E-state index contributed by atoms with van der Waals surface area (Å²) in [6.45, 7) is 5.53.